The molecule has 9 nitrogen and oxygen atoms in total. The summed E-state index contributed by atoms with van der Waals surface area (Å²) in [5, 5.41) is 6.80. The third-order valence-corrected chi connectivity index (χ3v) is 6.15. The van der Waals surface area contributed by atoms with Crippen LogP contribution in [0.15, 0.2) is 53.1 Å². The third-order valence-electron chi connectivity index (χ3n) is 6.15. The van der Waals surface area contributed by atoms with E-state index in [1.807, 2.05) is 0 Å². The monoisotopic (exact) mass is 511 g/mol. The van der Waals surface area contributed by atoms with Gasteiger partial charge in [0, 0.05) is 38.7 Å². The minimum absolute atomic E-state index is 0.0913. The molecule has 0 bridgehead atoms. The zero-order chi connectivity index (χ0) is 26.2. The van der Waals surface area contributed by atoms with Gasteiger partial charge >= 0.3 is 0 Å². The molecule has 0 saturated carbocycles. The SMILES string of the molecule is COc1ccc(OC)c(-c2cc(C(=O)N(CCC(=O)NCc3ccc(F)cc3)CC3CCCO3)no2)c1. The van der Waals surface area contributed by atoms with E-state index in [1.54, 1.807) is 48.4 Å². The van der Waals surface area contributed by atoms with Crippen LogP contribution in [0.2, 0.25) is 0 Å². The lowest BCUT2D eigenvalue weighted by atomic mass is 10.1. The van der Waals surface area contributed by atoms with Crippen LogP contribution >= 0.6 is 0 Å². The summed E-state index contributed by atoms with van der Waals surface area (Å²) >= 11 is 0. The fourth-order valence-corrected chi connectivity index (χ4v) is 4.11. The van der Waals surface area contributed by atoms with Crippen LogP contribution in [0.3, 0.4) is 0 Å². The lowest BCUT2D eigenvalue weighted by Crippen LogP contribution is -2.40. The van der Waals surface area contributed by atoms with Gasteiger partial charge < -0.3 is 29.0 Å². The fourth-order valence-electron chi connectivity index (χ4n) is 4.11. The van der Waals surface area contributed by atoms with Crippen molar-refractivity contribution in [2.45, 2.75) is 31.9 Å². The Labute approximate surface area is 214 Å². The van der Waals surface area contributed by atoms with Gasteiger partial charge in [-0.1, -0.05) is 17.3 Å². The van der Waals surface area contributed by atoms with Crippen molar-refractivity contribution >= 4 is 11.8 Å². The Bertz CT molecular complexity index is 1210. The van der Waals surface area contributed by atoms with Gasteiger partial charge in [0.25, 0.3) is 5.91 Å². The van der Waals surface area contributed by atoms with Crippen molar-refractivity contribution < 1.29 is 32.7 Å². The molecular formula is C27H30FN3O6. The predicted molar refractivity (Wildman–Crippen MR) is 133 cm³/mol. The number of nitrogens with one attached hydrogen (secondary N) is 1. The molecule has 4 rings (SSSR count). The van der Waals surface area contributed by atoms with Gasteiger partial charge in [0.2, 0.25) is 5.91 Å². The number of methoxy groups -OCH3 is 2. The number of hydrogen-bond donors (Lipinski definition) is 1. The summed E-state index contributed by atoms with van der Waals surface area (Å²) in [5.41, 5.74) is 1.49. The maximum absolute atomic E-state index is 13.4. The van der Waals surface area contributed by atoms with Crippen molar-refractivity contribution in [1.82, 2.24) is 15.4 Å². The summed E-state index contributed by atoms with van der Waals surface area (Å²) in [6.45, 7) is 1.44. The lowest BCUT2D eigenvalue weighted by Gasteiger charge is -2.24. The molecule has 196 valence electrons. The summed E-state index contributed by atoms with van der Waals surface area (Å²) in [7, 11) is 3.10. The van der Waals surface area contributed by atoms with Crippen LogP contribution in [0.25, 0.3) is 11.3 Å². The quantitative estimate of drug-likeness (QED) is 0.417. The first kappa shape index (κ1) is 26.2. The maximum Gasteiger partial charge on any atom is 0.276 e. The van der Waals surface area contributed by atoms with Crippen LogP contribution in [-0.4, -0.2) is 61.9 Å². The van der Waals surface area contributed by atoms with Crippen molar-refractivity contribution in [3.63, 3.8) is 0 Å². The van der Waals surface area contributed by atoms with E-state index in [2.05, 4.69) is 10.5 Å². The highest BCUT2D eigenvalue weighted by atomic mass is 19.1. The second-order valence-corrected chi connectivity index (χ2v) is 8.68. The number of carbonyl (C=O) groups is 2. The van der Waals surface area contributed by atoms with E-state index in [0.29, 0.717) is 36.0 Å². The summed E-state index contributed by atoms with van der Waals surface area (Å²) in [5.74, 6) is 0.583. The van der Waals surface area contributed by atoms with E-state index in [9.17, 15) is 14.0 Å². The minimum atomic E-state index is -0.362. The molecule has 1 atom stereocenters. The summed E-state index contributed by atoms with van der Waals surface area (Å²) in [6.07, 6.45) is 1.75. The molecule has 10 heteroatoms. The van der Waals surface area contributed by atoms with Crippen molar-refractivity contribution in [3.8, 4) is 22.8 Å². The average molecular weight is 512 g/mol. The van der Waals surface area contributed by atoms with Crippen LogP contribution < -0.4 is 14.8 Å². The highest BCUT2D eigenvalue weighted by molar-refractivity contribution is 5.93. The third kappa shape index (κ3) is 6.85. The van der Waals surface area contributed by atoms with Crippen LogP contribution in [0, 0.1) is 5.82 Å². The Morgan fingerprint density at radius 1 is 1.14 bits per heavy atom. The number of amides is 2. The minimum Gasteiger partial charge on any atom is -0.497 e. The van der Waals surface area contributed by atoms with Gasteiger partial charge in [-0.3, -0.25) is 9.59 Å². The lowest BCUT2D eigenvalue weighted by molar-refractivity contribution is -0.121. The number of halogens is 1. The standard InChI is InChI=1S/C27H30FN3O6/c1-34-20-9-10-24(35-2)22(14-20)25-15-23(30-37-25)27(33)31(17-21-4-3-13-36-21)12-11-26(32)29-16-18-5-7-19(28)8-6-18/h5-10,14-15,21H,3-4,11-13,16-17H2,1-2H3,(H,29,32). The zero-order valence-corrected chi connectivity index (χ0v) is 20.9. The van der Waals surface area contributed by atoms with Gasteiger partial charge in [0.1, 0.15) is 17.3 Å². The highest BCUT2D eigenvalue weighted by Gasteiger charge is 2.26. The Hall–Kier alpha value is -3.92. The number of carbonyl (C=O) groups excluding carboxylic acids is 2. The first-order valence-corrected chi connectivity index (χ1v) is 12.1. The molecule has 2 heterocycles. The summed E-state index contributed by atoms with van der Waals surface area (Å²) in [6, 6.07) is 12.7. The Morgan fingerprint density at radius 3 is 2.65 bits per heavy atom. The number of nitrogens with zero attached hydrogens (tertiary/aromatic N) is 2. The van der Waals surface area contributed by atoms with Crippen LogP contribution in [0.1, 0.15) is 35.3 Å². The summed E-state index contributed by atoms with van der Waals surface area (Å²) < 4.78 is 35.0. The van der Waals surface area contributed by atoms with E-state index in [-0.39, 0.29) is 48.9 Å². The molecule has 1 aliphatic rings. The molecule has 2 aromatic carbocycles. The van der Waals surface area contributed by atoms with Gasteiger partial charge in [0.15, 0.2) is 11.5 Å². The molecule has 0 aliphatic carbocycles. The van der Waals surface area contributed by atoms with Gasteiger partial charge in [-0.2, -0.15) is 0 Å². The smallest absolute Gasteiger partial charge is 0.276 e. The zero-order valence-electron chi connectivity index (χ0n) is 20.9. The first-order valence-electron chi connectivity index (χ1n) is 12.1. The second-order valence-electron chi connectivity index (χ2n) is 8.68. The number of ether oxygens (including phenoxy) is 3. The molecule has 1 aliphatic heterocycles. The Morgan fingerprint density at radius 2 is 1.95 bits per heavy atom. The number of rotatable bonds is 11. The Kier molecular flexibility index (Phi) is 8.73. The fraction of sp³-hybridized carbons (Fsp3) is 0.370. The molecule has 1 unspecified atom stereocenters. The van der Waals surface area contributed by atoms with Gasteiger partial charge in [0.05, 0.1) is 25.9 Å². The van der Waals surface area contributed by atoms with Gasteiger partial charge in [-0.25, -0.2) is 4.39 Å². The molecule has 1 N–H and O–H groups in total. The number of aromatic nitrogens is 1. The van der Waals surface area contributed by atoms with Crippen LogP contribution in [0.4, 0.5) is 4.39 Å². The largest absolute Gasteiger partial charge is 0.497 e. The number of hydrogen-bond acceptors (Lipinski definition) is 7. The highest BCUT2D eigenvalue weighted by Crippen LogP contribution is 2.34. The number of benzene rings is 2. The molecule has 1 fully saturated rings. The van der Waals surface area contributed by atoms with Crippen LogP contribution in [-0.2, 0) is 16.1 Å². The van der Waals surface area contributed by atoms with Crippen molar-refractivity contribution in [3.05, 3.63) is 65.6 Å². The molecule has 2 amide bonds. The average Bonchev–Trinajstić information content (AvgIpc) is 3.62. The van der Waals surface area contributed by atoms with Gasteiger partial charge in [-0.15, -0.1) is 0 Å². The van der Waals surface area contributed by atoms with Crippen molar-refractivity contribution in [1.29, 1.82) is 0 Å². The molecule has 1 aromatic heterocycles. The molecule has 0 spiro atoms. The summed E-state index contributed by atoms with van der Waals surface area (Å²) in [4.78, 5) is 27.5. The molecule has 0 radical (unpaired) electrons. The predicted octanol–water partition coefficient (Wildman–Crippen LogP) is 3.83. The maximum atomic E-state index is 13.4. The van der Waals surface area contributed by atoms with E-state index < -0.39 is 0 Å². The van der Waals surface area contributed by atoms with Crippen molar-refractivity contribution in [2.24, 2.45) is 0 Å². The molecule has 37 heavy (non-hydrogen) atoms. The van der Waals surface area contributed by atoms with E-state index >= 15 is 0 Å². The molecular weight excluding hydrogens is 481 g/mol. The van der Waals surface area contributed by atoms with Crippen LogP contribution in [0.5, 0.6) is 11.5 Å². The van der Waals surface area contributed by atoms with Gasteiger partial charge in [-0.05, 0) is 48.7 Å². The van der Waals surface area contributed by atoms with E-state index in [1.165, 1.54) is 19.2 Å². The van der Waals surface area contributed by atoms with E-state index in [0.717, 1.165) is 18.4 Å². The first-order chi connectivity index (χ1) is 18.0. The topological polar surface area (TPSA) is 103 Å². The van der Waals surface area contributed by atoms with E-state index in [4.69, 9.17) is 18.7 Å². The normalized spacial score (nSPS) is 14.8. The molecule has 3 aromatic rings. The van der Waals surface area contributed by atoms with Crippen molar-refractivity contribution in [2.75, 3.05) is 33.9 Å². The molecule has 1 saturated heterocycles. The Balaban J connectivity index is 1.44. The second kappa shape index (κ2) is 12.4.